The number of phenolic OH excluding ortho intramolecular Hbond substituents is 1. The van der Waals surface area contributed by atoms with Crippen LogP contribution in [0.25, 0.3) is 11.1 Å². The molecule has 0 saturated carbocycles. The van der Waals surface area contributed by atoms with Gasteiger partial charge in [-0.3, -0.25) is 4.79 Å². The molecule has 2 rings (SSSR count). The Bertz CT molecular complexity index is 530. The van der Waals surface area contributed by atoms with Crippen LogP contribution in [0.3, 0.4) is 0 Å². The number of hydrogen-bond acceptors (Lipinski definition) is 2. The molecule has 16 heavy (non-hydrogen) atoms. The van der Waals surface area contributed by atoms with E-state index < -0.39 is 0 Å². The predicted octanol–water partition coefficient (Wildman–Crippen LogP) is 3.18. The van der Waals surface area contributed by atoms with Gasteiger partial charge in [-0.25, -0.2) is 0 Å². The molecule has 0 heterocycles. The highest BCUT2D eigenvalue weighted by Crippen LogP contribution is 2.27. The van der Waals surface area contributed by atoms with Gasteiger partial charge in [0.15, 0.2) is 6.29 Å². The first-order valence-corrected chi connectivity index (χ1v) is 5.06. The predicted molar refractivity (Wildman–Crippen MR) is 63.7 cm³/mol. The molecule has 0 saturated heterocycles. The highest BCUT2D eigenvalue weighted by atomic mass is 16.3. The monoisotopic (exact) mass is 212 g/mol. The molecule has 0 atom stereocenters. The molecule has 2 aromatic carbocycles. The number of carbonyl (C=O) groups excluding carboxylic acids is 1. The molecule has 80 valence electrons. The topological polar surface area (TPSA) is 37.3 Å². The largest absolute Gasteiger partial charge is 0.507 e. The number of phenols is 1. The standard InChI is InChI=1S/C14H12O2/c1-10-4-2-3-5-13(10)11-6-7-14(16)12(8-11)9-15/h2-9,16H,1H3. The summed E-state index contributed by atoms with van der Waals surface area (Å²) in [7, 11) is 0. The highest BCUT2D eigenvalue weighted by molar-refractivity contribution is 5.83. The minimum absolute atomic E-state index is 0.0207. The Morgan fingerprint density at radius 3 is 2.56 bits per heavy atom. The van der Waals surface area contributed by atoms with Crippen molar-refractivity contribution in [3.05, 3.63) is 53.6 Å². The van der Waals surface area contributed by atoms with Crippen LogP contribution in [0, 0.1) is 6.92 Å². The van der Waals surface area contributed by atoms with Crippen LogP contribution >= 0.6 is 0 Å². The van der Waals surface area contributed by atoms with E-state index in [4.69, 9.17) is 0 Å². The number of benzene rings is 2. The van der Waals surface area contributed by atoms with Crippen molar-refractivity contribution < 1.29 is 9.90 Å². The van der Waals surface area contributed by atoms with Crippen molar-refractivity contribution in [1.29, 1.82) is 0 Å². The van der Waals surface area contributed by atoms with E-state index in [2.05, 4.69) is 0 Å². The van der Waals surface area contributed by atoms with Crippen LogP contribution < -0.4 is 0 Å². The summed E-state index contributed by atoms with van der Waals surface area (Å²) in [5.74, 6) is 0.0207. The van der Waals surface area contributed by atoms with E-state index in [1.807, 2.05) is 37.3 Å². The zero-order valence-electron chi connectivity index (χ0n) is 8.97. The molecule has 0 aliphatic carbocycles. The Hall–Kier alpha value is -2.09. The lowest BCUT2D eigenvalue weighted by Crippen LogP contribution is -1.86. The van der Waals surface area contributed by atoms with Gasteiger partial charge in [0.2, 0.25) is 0 Å². The summed E-state index contributed by atoms with van der Waals surface area (Å²) in [5.41, 5.74) is 3.48. The molecule has 0 aliphatic heterocycles. The molecule has 0 fully saturated rings. The molecule has 2 nitrogen and oxygen atoms in total. The van der Waals surface area contributed by atoms with Gasteiger partial charge in [-0.15, -0.1) is 0 Å². The normalized spacial score (nSPS) is 10.1. The van der Waals surface area contributed by atoms with Crippen LogP contribution in [0.4, 0.5) is 0 Å². The lowest BCUT2D eigenvalue weighted by Gasteiger charge is -2.07. The first-order chi connectivity index (χ1) is 7.72. The Morgan fingerprint density at radius 1 is 1.12 bits per heavy atom. The van der Waals surface area contributed by atoms with E-state index in [-0.39, 0.29) is 5.75 Å². The lowest BCUT2D eigenvalue weighted by molar-refractivity contribution is 0.112. The van der Waals surface area contributed by atoms with E-state index in [0.717, 1.165) is 16.7 Å². The molecule has 0 aromatic heterocycles. The summed E-state index contributed by atoms with van der Waals surface area (Å²) in [6.07, 6.45) is 0.664. The number of hydrogen-bond donors (Lipinski definition) is 1. The van der Waals surface area contributed by atoms with Gasteiger partial charge in [0.05, 0.1) is 5.56 Å². The fourth-order valence-corrected chi connectivity index (χ4v) is 1.71. The second kappa shape index (κ2) is 4.19. The summed E-state index contributed by atoms with van der Waals surface area (Å²) < 4.78 is 0. The number of carbonyl (C=O) groups is 1. The van der Waals surface area contributed by atoms with Crippen molar-refractivity contribution in [1.82, 2.24) is 0 Å². The number of aromatic hydroxyl groups is 1. The van der Waals surface area contributed by atoms with Gasteiger partial charge in [0.25, 0.3) is 0 Å². The van der Waals surface area contributed by atoms with Crippen LogP contribution in [0.15, 0.2) is 42.5 Å². The van der Waals surface area contributed by atoms with E-state index >= 15 is 0 Å². The molecule has 0 spiro atoms. The maximum absolute atomic E-state index is 10.7. The molecule has 2 aromatic rings. The molecular formula is C14H12O2. The zero-order valence-corrected chi connectivity index (χ0v) is 8.97. The Morgan fingerprint density at radius 2 is 1.88 bits per heavy atom. The minimum Gasteiger partial charge on any atom is -0.507 e. The van der Waals surface area contributed by atoms with Gasteiger partial charge >= 0.3 is 0 Å². The second-order valence-electron chi connectivity index (χ2n) is 3.71. The SMILES string of the molecule is Cc1ccccc1-c1ccc(O)c(C=O)c1. The van der Waals surface area contributed by atoms with Crippen molar-refractivity contribution in [2.24, 2.45) is 0 Å². The number of aryl methyl sites for hydroxylation is 1. The summed E-state index contributed by atoms with van der Waals surface area (Å²) in [6.45, 7) is 2.02. The minimum atomic E-state index is 0.0207. The Labute approximate surface area is 94.2 Å². The maximum atomic E-state index is 10.7. The summed E-state index contributed by atoms with van der Waals surface area (Å²) in [4.78, 5) is 10.7. The Balaban J connectivity index is 2.57. The molecule has 1 N–H and O–H groups in total. The third-order valence-electron chi connectivity index (χ3n) is 2.61. The van der Waals surface area contributed by atoms with Crippen molar-refractivity contribution in [2.45, 2.75) is 6.92 Å². The summed E-state index contributed by atoms with van der Waals surface area (Å²) in [5, 5.41) is 9.42. The second-order valence-corrected chi connectivity index (χ2v) is 3.71. The van der Waals surface area contributed by atoms with Crippen LogP contribution in [0.5, 0.6) is 5.75 Å². The average Bonchev–Trinajstić information content (AvgIpc) is 2.31. The third-order valence-corrected chi connectivity index (χ3v) is 2.61. The van der Waals surface area contributed by atoms with Gasteiger partial charge in [0, 0.05) is 0 Å². The van der Waals surface area contributed by atoms with E-state index in [1.54, 1.807) is 12.1 Å². The number of aldehydes is 1. The van der Waals surface area contributed by atoms with E-state index in [9.17, 15) is 9.90 Å². The van der Waals surface area contributed by atoms with Crippen molar-refractivity contribution in [2.75, 3.05) is 0 Å². The molecule has 0 aliphatic rings. The van der Waals surface area contributed by atoms with Gasteiger partial charge in [-0.2, -0.15) is 0 Å². The van der Waals surface area contributed by atoms with Crippen molar-refractivity contribution >= 4 is 6.29 Å². The molecule has 0 radical (unpaired) electrons. The maximum Gasteiger partial charge on any atom is 0.153 e. The average molecular weight is 212 g/mol. The molecular weight excluding hydrogens is 200 g/mol. The van der Waals surface area contributed by atoms with Crippen molar-refractivity contribution in [3.63, 3.8) is 0 Å². The van der Waals surface area contributed by atoms with Crippen LogP contribution in [-0.2, 0) is 0 Å². The first kappa shape index (κ1) is 10.4. The van der Waals surface area contributed by atoms with Gasteiger partial charge in [-0.05, 0) is 35.7 Å². The lowest BCUT2D eigenvalue weighted by atomic mass is 9.99. The fourth-order valence-electron chi connectivity index (χ4n) is 1.71. The fraction of sp³-hybridized carbons (Fsp3) is 0.0714. The summed E-state index contributed by atoms with van der Waals surface area (Å²) in [6, 6.07) is 13.0. The first-order valence-electron chi connectivity index (χ1n) is 5.06. The van der Waals surface area contributed by atoms with Gasteiger partial charge < -0.3 is 5.11 Å². The quantitative estimate of drug-likeness (QED) is 0.776. The van der Waals surface area contributed by atoms with Crippen LogP contribution in [0.2, 0.25) is 0 Å². The Kier molecular flexibility index (Phi) is 2.73. The van der Waals surface area contributed by atoms with E-state index in [1.165, 1.54) is 0 Å². The van der Waals surface area contributed by atoms with Crippen LogP contribution in [0.1, 0.15) is 15.9 Å². The van der Waals surface area contributed by atoms with Gasteiger partial charge in [0.1, 0.15) is 5.75 Å². The van der Waals surface area contributed by atoms with Crippen molar-refractivity contribution in [3.8, 4) is 16.9 Å². The summed E-state index contributed by atoms with van der Waals surface area (Å²) >= 11 is 0. The van der Waals surface area contributed by atoms with Crippen LogP contribution in [-0.4, -0.2) is 11.4 Å². The molecule has 0 unspecified atom stereocenters. The highest BCUT2D eigenvalue weighted by Gasteiger charge is 2.05. The van der Waals surface area contributed by atoms with E-state index in [0.29, 0.717) is 11.8 Å². The smallest absolute Gasteiger partial charge is 0.153 e. The number of rotatable bonds is 2. The molecule has 0 bridgehead atoms. The molecule has 2 heteroatoms. The zero-order chi connectivity index (χ0) is 11.5. The van der Waals surface area contributed by atoms with Gasteiger partial charge in [-0.1, -0.05) is 30.3 Å². The molecule has 0 amide bonds. The third kappa shape index (κ3) is 1.82.